The Labute approximate surface area is 113 Å². The van der Waals surface area contributed by atoms with Gasteiger partial charge in [-0.2, -0.15) is 6.08 Å². The summed E-state index contributed by atoms with van der Waals surface area (Å²) in [6.45, 7) is 4.44. The van der Waals surface area contributed by atoms with Crippen LogP contribution < -0.4 is 24.8 Å². The molecule has 0 spiro atoms. The van der Waals surface area contributed by atoms with E-state index < -0.39 is 0 Å². The Morgan fingerprint density at radius 2 is 2.00 bits per heavy atom. The van der Waals surface area contributed by atoms with Crippen molar-refractivity contribution in [2.75, 3.05) is 0 Å². The number of rotatable bonds is 3. The van der Waals surface area contributed by atoms with Gasteiger partial charge in [-0.15, -0.1) is 6.92 Å². The molecule has 1 aliphatic carbocycles. The maximum absolute atomic E-state index is 3.30. The van der Waals surface area contributed by atoms with E-state index in [-0.39, 0.29) is 51.0 Å². The number of halogens is 2. The van der Waals surface area contributed by atoms with Crippen molar-refractivity contribution in [1.82, 2.24) is 0 Å². The smallest absolute Gasteiger partial charge is 1.00 e. The summed E-state index contributed by atoms with van der Waals surface area (Å²) in [6.07, 6.45) is 10.4. The molecule has 0 saturated heterocycles. The molecular formula is C10H15Cl2Zr. The molecule has 0 aliphatic heterocycles. The number of hydrogen-bond acceptors (Lipinski definition) is 0. The molecule has 1 rings (SSSR count). The molecule has 0 fully saturated rings. The predicted molar refractivity (Wildman–Crippen MR) is 44.7 cm³/mol. The molecule has 0 unspecified atom stereocenters. The molecule has 0 amide bonds. The molecule has 13 heavy (non-hydrogen) atoms. The molecule has 0 saturated carbocycles. The Hall–Kier alpha value is 0.943. The van der Waals surface area contributed by atoms with Crippen LogP contribution >= 0.6 is 0 Å². The molecule has 0 aromatic rings. The van der Waals surface area contributed by atoms with Gasteiger partial charge in [0.25, 0.3) is 0 Å². The van der Waals surface area contributed by atoms with Crippen molar-refractivity contribution >= 4 is 0 Å². The Balaban J connectivity index is -0.000000333. The third-order valence-corrected chi connectivity index (χ3v) is 1.98. The zero-order valence-electron chi connectivity index (χ0n) is 8.16. The average molecular weight is 297 g/mol. The topological polar surface area (TPSA) is 0 Å². The van der Waals surface area contributed by atoms with Gasteiger partial charge in [0.2, 0.25) is 0 Å². The molecule has 0 aromatic carbocycles. The molecule has 0 bridgehead atoms. The normalized spacial score (nSPS) is 13.1. The van der Waals surface area contributed by atoms with Crippen LogP contribution in [0.1, 0.15) is 39.5 Å². The van der Waals surface area contributed by atoms with Crippen LogP contribution in [0.25, 0.3) is 0 Å². The Morgan fingerprint density at radius 1 is 1.38 bits per heavy atom. The molecule has 3 heteroatoms. The van der Waals surface area contributed by atoms with Crippen molar-refractivity contribution in [3.05, 3.63) is 23.3 Å². The maximum atomic E-state index is 3.30. The van der Waals surface area contributed by atoms with E-state index in [1.807, 2.05) is 0 Å². The van der Waals surface area contributed by atoms with E-state index in [0.717, 1.165) is 6.42 Å². The molecular weight excluding hydrogens is 282 g/mol. The Bertz CT molecular complexity index is 174. The summed E-state index contributed by atoms with van der Waals surface area (Å²) in [4.78, 5) is 0. The van der Waals surface area contributed by atoms with Gasteiger partial charge in [0.1, 0.15) is 0 Å². The van der Waals surface area contributed by atoms with Crippen LogP contribution in [0, 0.1) is 6.08 Å². The van der Waals surface area contributed by atoms with Crippen molar-refractivity contribution in [2.24, 2.45) is 0 Å². The van der Waals surface area contributed by atoms with Crippen LogP contribution in [-0.4, -0.2) is 0 Å². The van der Waals surface area contributed by atoms with E-state index in [4.69, 9.17) is 0 Å². The molecule has 0 N–H and O–H groups in total. The summed E-state index contributed by atoms with van der Waals surface area (Å²) in [5.74, 6) is 0. The van der Waals surface area contributed by atoms with Gasteiger partial charge in [-0.1, -0.05) is 32.6 Å². The summed E-state index contributed by atoms with van der Waals surface area (Å²) in [7, 11) is 0. The molecule has 1 aliphatic rings. The zero-order valence-corrected chi connectivity index (χ0v) is 12.1. The van der Waals surface area contributed by atoms with E-state index in [9.17, 15) is 0 Å². The first-order valence-electron chi connectivity index (χ1n) is 4.11. The van der Waals surface area contributed by atoms with Gasteiger partial charge in [0, 0.05) is 0 Å². The first kappa shape index (κ1) is 19.5. The summed E-state index contributed by atoms with van der Waals surface area (Å²) >= 11 is 0. The molecule has 0 nitrogen and oxygen atoms in total. The quantitative estimate of drug-likeness (QED) is 0.496. The molecule has 0 atom stereocenters. The van der Waals surface area contributed by atoms with Crippen LogP contribution in [0.15, 0.2) is 17.2 Å². The fraction of sp³-hybridized carbons (Fsp3) is 0.600. The van der Waals surface area contributed by atoms with Crippen LogP contribution in [0.3, 0.4) is 0 Å². The maximum Gasteiger partial charge on any atom is 3.00 e. The number of allylic oxidation sites excluding steroid dienone is 4. The van der Waals surface area contributed by atoms with Crippen molar-refractivity contribution in [3.63, 3.8) is 0 Å². The van der Waals surface area contributed by atoms with Crippen LogP contribution in [0.2, 0.25) is 0 Å². The average Bonchev–Trinajstić information content (AvgIpc) is 2.31. The fourth-order valence-corrected chi connectivity index (χ4v) is 1.21. The van der Waals surface area contributed by atoms with Crippen molar-refractivity contribution in [2.45, 2.75) is 39.5 Å². The first-order valence-corrected chi connectivity index (χ1v) is 4.11. The molecule has 73 valence electrons. The standard InChI is InChI=1S/C10H15.2ClH.Zr/c1-3-4-7-10-8-5-6-9(10)2;;;/h5H,3-4,6-7H2,1-2H3;2*1H;/q-1;;;+3/p-2. The van der Waals surface area contributed by atoms with Crippen LogP contribution in [0.4, 0.5) is 0 Å². The third-order valence-electron chi connectivity index (χ3n) is 1.98. The van der Waals surface area contributed by atoms with E-state index in [1.54, 1.807) is 0 Å². The van der Waals surface area contributed by atoms with E-state index >= 15 is 0 Å². The summed E-state index contributed by atoms with van der Waals surface area (Å²) < 4.78 is 0. The largest absolute Gasteiger partial charge is 3.00 e. The second-order valence-electron chi connectivity index (χ2n) is 2.92. The first-order chi connectivity index (χ1) is 4.84. The van der Waals surface area contributed by atoms with Crippen LogP contribution in [-0.2, 0) is 26.2 Å². The van der Waals surface area contributed by atoms with Gasteiger partial charge in [-0.3, -0.25) is 6.08 Å². The van der Waals surface area contributed by atoms with Gasteiger partial charge in [-0.25, -0.2) is 11.1 Å². The fourth-order valence-electron chi connectivity index (χ4n) is 1.21. The summed E-state index contributed by atoms with van der Waals surface area (Å²) in [6, 6.07) is 0. The van der Waals surface area contributed by atoms with Gasteiger partial charge < -0.3 is 24.8 Å². The van der Waals surface area contributed by atoms with Gasteiger partial charge in [-0.05, 0) is 0 Å². The van der Waals surface area contributed by atoms with E-state index in [1.165, 1.54) is 30.4 Å². The van der Waals surface area contributed by atoms with Gasteiger partial charge in [0.15, 0.2) is 0 Å². The minimum Gasteiger partial charge on any atom is -1.00 e. The molecule has 1 radical (unpaired) electrons. The molecule has 0 heterocycles. The SMILES string of the molecule is CCCCC1=C(C)CC=[C-]1.[Cl-].[Cl-].[Zr+3]. The predicted octanol–water partition coefficient (Wildman–Crippen LogP) is -2.74. The minimum atomic E-state index is 0. The van der Waals surface area contributed by atoms with Gasteiger partial charge >= 0.3 is 26.2 Å². The number of unbranched alkanes of at least 4 members (excludes halogenated alkanes) is 1. The summed E-state index contributed by atoms with van der Waals surface area (Å²) in [5, 5.41) is 0. The molecule has 0 aromatic heterocycles. The van der Waals surface area contributed by atoms with Crippen LogP contribution in [0.5, 0.6) is 0 Å². The Kier molecular flexibility index (Phi) is 16.5. The van der Waals surface area contributed by atoms with Gasteiger partial charge in [0.05, 0.1) is 0 Å². The Morgan fingerprint density at radius 3 is 2.38 bits per heavy atom. The minimum absolute atomic E-state index is 0. The van der Waals surface area contributed by atoms with E-state index in [0.29, 0.717) is 0 Å². The second-order valence-corrected chi connectivity index (χ2v) is 2.92. The second kappa shape index (κ2) is 11.0. The van der Waals surface area contributed by atoms with E-state index in [2.05, 4.69) is 26.0 Å². The summed E-state index contributed by atoms with van der Waals surface area (Å²) in [5.41, 5.74) is 2.98. The van der Waals surface area contributed by atoms with Crippen molar-refractivity contribution in [3.8, 4) is 0 Å². The zero-order chi connectivity index (χ0) is 7.40. The number of hydrogen-bond donors (Lipinski definition) is 0. The van der Waals surface area contributed by atoms with Crippen molar-refractivity contribution in [1.29, 1.82) is 0 Å². The third kappa shape index (κ3) is 6.94. The van der Waals surface area contributed by atoms with Crippen molar-refractivity contribution < 1.29 is 51.0 Å². The monoisotopic (exact) mass is 295 g/mol.